The standard InChI is InChI=1S/C25H20F2N2O4/c1-3-33-21-7-5-4-6-20(21)28-23-22(15-8-11-17(32-2)12-9-15)24(30)29(25(23)31)16-10-13-18(26)19(27)14-16/h4-14,28H,3H2,1-2H3. The summed E-state index contributed by atoms with van der Waals surface area (Å²) in [5, 5.41) is 3.02. The SMILES string of the molecule is CCOc1ccccc1NC1=C(c2ccc(OC)cc2)C(=O)N(c2ccc(F)c(F)c2)C1=O. The molecular formula is C25H20F2N2O4. The van der Waals surface area contributed by atoms with Gasteiger partial charge in [0.2, 0.25) is 0 Å². The van der Waals surface area contributed by atoms with Gasteiger partial charge in [-0.1, -0.05) is 24.3 Å². The van der Waals surface area contributed by atoms with E-state index in [4.69, 9.17) is 9.47 Å². The van der Waals surface area contributed by atoms with Crippen molar-refractivity contribution in [1.82, 2.24) is 0 Å². The summed E-state index contributed by atoms with van der Waals surface area (Å²) >= 11 is 0. The molecule has 4 rings (SSSR count). The number of carbonyl (C=O) groups excluding carboxylic acids is 2. The highest BCUT2D eigenvalue weighted by atomic mass is 19.2. The van der Waals surface area contributed by atoms with Crippen molar-refractivity contribution in [2.75, 3.05) is 23.9 Å². The molecule has 1 aliphatic rings. The van der Waals surface area contributed by atoms with Crippen molar-refractivity contribution in [2.45, 2.75) is 6.92 Å². The molecule has 0 aliphatic carbocycles. The lowest BCUT2D eigenvalue weighted by atomic mass is 10.0. The van der Waals surface area contributed by atoms with Gasteiger partial charge in [0.25, 0.3) is 11.8 Å². The fraction of sp³-hybridized carbons (Fsp3) is 0.120. The topological polar surface area (TPSA) is 67.9 Å². The lowest BCUT2D eigenvalue weighted by Gasteiger charge is -2.16. The van der Waals surface area contributed by atoms with Gasteiger partial charge in [0.05, 0.1) is 30.7 Å². The molecule has 3 aromatic rings. The number of benzene rings is 3. The average Bonchev–Trinajstić information content (AvgIpc) is 3.06. The summed E-state index contributed by atoms with van der Waals surface area (Å²) in [5.41, 5.74) is 0.926. The van der Waals surface area contributed by atoms with Crippen LogP contribution in [-0.2, 0) is 9.59 Å². The van der Waals surface area contributed by atoms with Gasteiger partial charge in [-0.2, -0.15) is 0 Å². The second-order valence-corrected chi connectivity index (χ2v) is 7.08. The lowest BCUT2D eigenvalue weighted by Crippen LogP contribution is -2.32. The van der Waals surface area contributed by atoms with Crippen LogP contribution in [0.25, 0.3) is 5.57 Å². The number of ether oxygens (including phenoxy) is 2. The molecule has 8 heteroatoms. The van der Waals surface area contributed by atoms with Crippen molar-refractivity contribution in [3.8, 4) is 11.5 Å². The number of amides is 2. The number of nitrogens with zero attached hydrogens (tertiary/aromatic N) is 1. The number of anilines is 2. The third-order valence-electron chi connectivity index (χ3n) is 5.07. The molecule has 0 bridgehead atoms. The van der Waals surface area contributed by atoms with E-state index in [2.05, 4.69) is 5.32 Å². The Labute approximate surface area is 189 Å². The molecule has 6 nitrogen and oxygen atoms in total. The van der Waals surface area contributed by atoms with Crippen molar-refractivity contribution in [3.63, 3.8) is 0 Å². The van der Waals surface area contributed by atoms with Crippen molar-refractivity contribution >= 4 is 28.8 Å². The highest BCUT2D eigenvalue weighted by molar-refractivity contribution is 6.46. The quantitative estimate of drug-likeness (QED) is 0.526. The van der Waals surface area contributed by atoms with Crippen molar-refractivity contribution in [3.05, 3.63) is 89.6 Å². The maximum absolute atomic E-state index is 13.9. The number of imide groups is 1. The Morgan fingerprint density at radius 1 is 0.909 bits per heavy atom. The molecule has 0 aromatic heterocycles. The van der Waals surface area contributed by atoms with Crippen LogP contribution in [0.5, 0.6) is 11.5 Å². The van der Waals surface area contributed by atoms with E-state index in [9.17, 15) is 18.4 Å². The fourth-order valence-electron chi connectivity index (χ4n) is 3.52. The summed E-state index contributed by atoms with van der Waals surface area (Å²) in [6.07, 6.45) is 0. The van der Waals surface area contributed by atoms with Gasteiger partial charge >= 0.3 is 0 Å². The maximum atomic E-state index is 13.9. The molecule has 33 heavy (non-hydrogen) atoms. The first-order valence-corrected chi connectivity index (χ1v) is 10.2. The molecule has 1 N–H and O–H groups in total. The number of nitrogens with one attached hydrogen (secondary N) is 1. The number of hydrogen-bond acceptors (Lipinski definition) is 5. The van der Waals surface area contributed by atoms with E-state index < -0.39 is 23.4 Å². The number of halogens is 2. The summed E-state index contributed by atoms with van der Waals surface area (Å²) in [6, 6.07) is 16.4. The van der Waals surface area contributed by atoms with Gasteiger partial charge in [-0.3, -0.25) is 9.59 Å². The van der Waals surface area contributed by atoms with Crippen LogP contribution in [-0.4, -0.2) is 25.5 Å². The third-order valence-corrected chi connectivity index (χ3v) is 5.07. The van der Waals surface area contributed by atoms with Gasteiger partial charge in [-0.15, -0.1) is 0 Å². The highest BCUT2D eigenvalue weighted by Crippen LogP contribution is 2.36. The number of carbonyl (C=O) groups is 2. The fourth-order valence-corrected chi connectivity index (χ4v) is 3.52. The Morgan fingerprint density at radius 3 is 2.30 bits per heavy atom. The molecule has 0 unspecified atom stereocenters. The summed E-state index contributed by atoms with van der Waals surface area (Å²) < 4.78 is 38.1. The molecule has 0 radical (unpaired) electrons. The van der Waals surface area contributed by atoms with E-state index in [0.717, 1.165) is 17.0 Å². The molecule has 0 saturated heterocycles. The smallest absolute Gasteiger partial charge is 0.282 e. The van der Waals surface area contributed by atoms with Crippen LogP contribution in [0.3, 0.4) is 0 Å². The number of para-hydroxylation sites is 2. The van der Waals surface area contributed by atoms with Gasteiger partial charge in [0.15, 0.2) is 11.6 Å². The normalized spacial score (nSPS) is 13.5. The van der Waals surface area contributed by atoms with E-state index in [-0.39, 0.29) is 17.0 Å². The van der Waals surface area contributed by atoms with Crippen molar-refractivity contribution in [2.24, 2.45) is 0 Å². The Morgan fingerprint density at radius 2 is 1.64 bits per heavy atom. The molecule has 0 fully saturated rings. The van der Waals surface area contributed by atoms with E-state index in [1.165, 1.54) is 13.2 Å². The predicted molar refractivity (Wildman–Crippen MR) is 120 cm³/mol. The molecule has 3 aromatic carbocycles. The molecular weight excluding hydrogens is 430 g/mol. The van der Waals surface area contributed by atoms with Crippen LogP contribution in [0.1, 0.15) is 12.5 Å². The summed E-state index contributed by atoms with van der Waals surface area (Å²) in [5.74, 6) is -2.55. The van der Waals surface area contributed by atoms with Crippen LogP contribution in [0.2, 0.25) is 0 Å². The molecule has 1 heterocycles. The zero-order valence-corrected chi connectivity index (χ0v) is 17.9. The Bertz CT molecular complexity index is 1260. The minimum Gasteiger partial charge on any atom is -0.497 e. The Hall–Kier alpha value is -4.20. The molecule has 168 valence electrons. The molecule has 0 spiro atoms. The number of methoxy groups -OCH3 is 1. The molecule has 2 amide bonds. The largest absolute Gasteiger partial charge is 0.497 e. The van der Waals surface area contributed by atoms with Crippen LogP contribution in [0, 0.1) is 11.6 Å². The van der Waals surface area contributed by atoms with Crippen LogP contribution >= 0.6 is 0 Å². The van der Waals surface area contributed by atoms with E-state index in [1.807, 2.05) is 6.92 Å². The van der Waals surface area contributed by atoms with Gasteiger partial charge in [0, 0.05) is 6.07 Å². The Kier molecular flexibility index (Phi) is 6.08. The van der Waals surface area contributed by atoms with Gasteiger partial charge in [-0.05, 0) is 48.9 Å². The average molecular weight is 450 g/mol. The predicted octanol–water partition coefficient (Wildman–Crippen LogP) is 4.77. The highest BCUT2D eigenvalue weighted by Gasteiger charge is 2.40. The second-order valence-electron chi connectivity index (χ2n) is 7.08. The Balaban J connectivity index is 1.83. The summed E-state index contributed by atoms with van der Waals surface area (Å²) in [4.78, 5) is 27.6. The second kappa shape index (κ2) is 9.12. The van der Waals surface area contributed by atoms with E-state index >= 15 is 0 Å². The van der Waals surface area contributed by atoms with Crippen LogP contribution < -0.4 is 19.7 Å². The van der Waals surface area contributed by atoms with E-state index in [1.54, 1.807) is 48.5 Å². The van der Waals surface area contributed by atoms with Crippen molar-refractivity contribution in [1.29, 1.82) is 0 Å². The minimum absolute atomic E-state index is 0.0120. The monoisotopic (exact) mass is 450 g/mol. The van der Waals surface area contributed by atoms with Gasteiger partial charge in [0.1, 0.15) is 17.2 Å². The lowest BCUT2D eigenvalue weighted by molar-refractivity contribution is -0.120. The van der Waals surface area contributed by atoms with Gasteiger partial charge in [-0.25, -0.2) is 13.7 Å². The van der Waals surface area contributed by atoms with Gasteiger partial charge < -0.3 is 14.8 Å². The first-order chi connectivity index (χ1) is 15.9. The van der Waals surface area contributed by atoms with Crippen LogP contribution in [0.4, 0.5) is 20.2 Å². The zero-order valence-electron chi connectivity index (χ0n) is 17.9. The zero-order chi connectivity index (χ0) is 23.5. The minimum atomic E-state index is -1.16. The summed E-state index contributed by atoms with van der Waals surface area (Å²) in [6.45, 7) is 2.23. The number of hydrogen-bond donors (Lipinski definition) is 1. The number of rotatable bonds is 7. The maximum Gasteiger partial charge on any atom is 0.282 e. The molecule has 0 atom stereocenters. The first kappa shape index (κ1) is 22.0. The van der Waals surface area contributed by atoms with Crippen molar-refractivity contribution < 1.29 is 27.8 Å². The summed E-state index contributed by atoms with van der Waals surface area (Å²) in [7, 11) is 1.51. The first-order valence-electron chi connectivity index (χ1n) is 10.2. The third kappa shape index (κ3) is 4.15. The van der Waals surface area contributed by atoms with E-state index in [0.29, 0.717) is 29.4 Å². The van der Waals surface area contributed by atoms with Crippen LogP contribution in [0.15, 0.2) is 72.4 Å². The molecule has 0 saturated carbocycles. The molecule has 1 aliphatic heterocycles.